The van der Waals surface area contributed by atoms with Crippen LogP contribution in [0, 0.1) is 17.3 Å². The molecule has 1 aliphatic rings. The summed E-state index contributed by atoms with van der Waals surface area (Å²) < 4.78 is 0. The maximum absolute atomic E-state index is 11.2. The molecule has 0 saturated carbocycles. The Hall–Kier alpha value is -0.530. The van der Waals surface area contributed by atoms with Gasteiger partial charge in [0.15, 0.2) is 0 Å². The van der Waals surface area contributed by atoms with E-state index < -0.39 is 0 Å². The van der Waals surface area contributed by atoms with Crippen LogP contribution in [-0.4, -0.2) is 12.5 Å². The van der Waals surface area contributed by atoms with Crippen LogP contribution in [0.4, 0.5) is 0 Å². The van der Waals surface area contributed by atoms with E-state index in [2.05, 4.69) is 33.0 Å². The van der Waals surface area contributed by atoms with Crippen LogP contribution in [0.5, 0.6) is 0 Å². The summed E-state index contributed by atoms with van der Waals surface area (Å²) in [6.45, 7) is 9.89. The average Bonchev–Trinajstić information content (AvgIpc) is 2.12. The van der Waals surface area contributed by atoms with Crippen molar-refractivity contribution < 1.29 is 4.79 Å². The van der Waals surface area contributed by atoms with Crippen molar-refractivity contribution in [3.8, 4) is 0 Å². The van der Waals surface area contributed by atoms with Crippen LogP contribution in [0.1, 0.15) is 40.5 Å². The van der Waals surface area contributed by atoms with Crippen molar-refractivity contribution >= 4 is 5.91 Å². The molecule has 1 fully saturated rings. The molecule has 0 spiro atoms. The Morgan fingerprint density at radius 1 is 1.38 bits per heavy atom. The van der Waals surface area contributed by atoms with Gasteiger partial charge in [-0.05, 0) is 23.7 Å². The van der Waals surface area contributed by atoms with E-state index in [1.54, 1.807) is 0 Å². The third-order valence-corrected chi connectivity index (χ3v) is 3.10. The van der Waals surface area contributed by atoms with E-state index >= 15 is 0 Å². The summed E-state index contributed by atoms with van der Waals surface area (Å²) in [5.74, 6) is 1.48. The monoisotopic (exact) mass is 183 g/mol. The first-order valence-corrected chi connectivity index (χ1v) is 5.18. The first-order chi connectivity index (χ1) is 5.91. The second-order valence-electron chi connectivity index (χ2n) is 5.29. The lowest BCUT2D eigenvalue weighted by molar-refractivity contribution is -0.120. The van der Waals surface area contributed by atoms with Crippen molar-refractivity contribution in [2.24, 2.45) is 17.3 Å². The minimum absolute atomic E-state index is 0.221. The van der Waals surface area contributed by atoms with Crippen LogP contribution in [0.25, 0.3) is 0 Å². The van der Waals surface area contributed by atoms with E-state index in [1.807, 2.05) is 0 Å². The molecular formula is C11H21NO. The highest BCUT2D eigenvalue weighted by molar-refractivity contribution is 5.76. The number of hydrogen-bond donors (Lipinski definition) is 1. The van der Waals surface area contributed by atoms with Gasteiger partial charge in [-0.2, -0.15) is 0 Å². The summed E-state index contributed by atoms with van der Waals surface area (Å²) in [6, 6.07) is 0. The highest BCUT2D eigenvalue weighted by atomic mass is 16.1. The molecule has 0 aliphatic carbocycles. The van der Waals surface area contributed by atoms with Crippen molar-refractivity contribution in [3.05, 3.63) is 0 Å². The smallest absolute Gasteiger partial charge is 0.220 e. The third-order valence-electron chi connectivity index (χ3n) is 3.10. The van der Waals surface area contributed by atoms with Gasteiger partial charge in [0.05, 0.1) is 0 Å². The highest BCUT2D eigenvalue weighted by Crippen LogP contribution is 2.36. The molecule has 0 aromatic rings. The Bertz CT molecular complexity index is 193. The summed E-state index contributed by atoms with van der Waals surface area (Å²) in [5.41, 5.74) is 0.325. The molecule has 1 saturated heterocycles. The first-order valence-electron chi connectivity index (χ1n) is 5.18. The second-order valence-corrected chi connectivity index (χ2v) is 5.29. The lowest BCUT2D eigenvalue weighted by atomic mass is 9.72. The summed E-state index contributed by atoms with van der Waals surface area (Å²) in [5, 5.41) is 2.96. The normalized spacial score (nSPS) is 30.9. The van der Waals surface area contributed by atoms with Crippen LogP contribution >= 0.6 is 0 Å². The molecule has 2 nitrogen and oxygen atoms in total. The fourth-order valence-corrected chi connectivity index (χ4v) is 2.36. The van der Waals surface area contributed by atoms with Crippen LogP contribution in [0.2, 0.25) is 0 Å². The topological polar surface area (TPSA) is 29.1 Å². The fraction of sp³-hybridized carbons (Fsp3) is 0.909. The minimum atomic E-state index is 0.221. The van der Waals surface area contributed by atoms with Gasteiger partial charge in [0, 0.05) is 13.0 Å². The average molecular weight is 183 g/mol. The van der Waals surface area contributed by atoms with Gasteiger partial charge in [0.25, 0.3) is 0 Å². The molecule has 2 heteroatoms. The van der Waals surface area contributed by atoms with E-state index in [-0.39, 0.29) is 5.91 Å². The molecule has 1 heterocycles. The number of rotatable bonds is 0. The molecule has 13 heavy (non-hydrogen) atoms. The standard InChI is InChI=1S/C11H21NO/c1-8-7-12-10(13)6-5-9(8)11(2,3)4/h8-9H,5-7H2,1-4H3,(H,12,13)/t8-,9?/m1/s1. The Kier molecular flexibility index (Phi) is 2.99. The molecule has 1 N–H and O–H groups in total. The van der Waals surface area contributed by atoms with Crippen LogP contribution in [-0.2, 0) is 4.79 Å². The summed E-state index contributed by atoms with van der Waals surface area (Å²) in [4.78, 5) is 11.2. The van der Waals surface area contributed by atoms with Gasteiger partial charge in [-0.25, -0.2) is 0 Å². The van der Waals surface area contributed by atoms with Crippen molar-refractivity contribution in [2.75, 3.05) is 6.54 Å². The molecule has 76 valence electrons. The fourth-order valence-electron chi connectivity index (χ4n) is 2.36. The van der Waals surface area contributed by atoms with E-state index in [4.69, 9.17) is 0 Å². The molecule has 0 bridgehead atoms. The maximum Gasteiger partial charge on any atom is 0.220 e. The van der Waals surface area contributed by atoms with Crippen molar-refractivity contribution in [1.82, 2.24) is 5.32 Å². The minimum Gasteiger partial charge on any atom is -0.356 e. The Morgan fingerprint density at radius 2 is 2.00 bits per heavy atom. The molecule has 0 aromatic heterocycles. The lowest BCUT2D eigenvalue weighted by Crippen LogP contribution is -2.31. The Balaban J connectivity index is 2.68. The largest absolute Gasteiger partial charge is 0.356 e. The van der Waals surface area contributed by atoms with Crippen LogP contribution in [0.15, 0.2) is 0 Å². The van der Waals surface area contributed by atoms with Gasteiger partial charge in [0.2, 0.25) is 5.91 Å². The summed E-state index contributed by atoms with van der Waals surface area (Å²) >= 11 is 0. The maximum atomic E-state index is 11.2. The Labute approximate surface area is 81.1 Å². The SMILES string of the molecule is C[C@@H]1CNC(=O)CCC1C(C)(C)C. The molecule has 0 radical (unpaired) electrons. The quantitative estimate of drug-likeness (QED) is 0.613. The zero-order valence-corrected chi connectivity index (χ0v) is 9.18. The van der Waals surface area contributed by atoms with Gasteiger partial charge >= 0.3 is 0 Å². The Morgan fingerprint density at radius 3 is 2.54 bits per heavy atom. The molecule has 0 aromatic carbocycles. The van der Waals surface area contributed by atoms with Crippen LogP contribution < -0.4 is 5.32 Å². The number of amides is 1. The lowest BCUT2D eigenvalue weighted by Gasteiger charge is -2.33. The summed E-state index contributed by atoms with van der Waals surface area (Å²) in [6.07, 6.45) is 1.74. The molecule has 1 aliphatic heterocycles. The molecule has 1 unspecified atom stereocenters. The number of hydrogen-bond acceptors (Lipinski definition) is 1. The van der Waals surface area contributed by atoms with Gasteiger partial charge in [-0.1, -0.05) is 27.7 Å². The highest BCUT2D eigenvalue weighted by Gasteiger charge is 2.31. The summed E-state index contributed by atoms with van der Waals surface area (Å²) in [7, 11) is 0. The van der Waals surface area contributed by atoms with E-state index in [0.717, 1.165) is 13.0 Å². The van der Waals surface area contributed by atoms with Crippen molar-refractivity contribution in [1.29, 1.82) is 0 Å². The van der Waals surface area contributed by atoms with E-state index in [0.29, 0.717) is 23.7 Å². The van der Waals surface area contributed by atoms with E-state index in [9.17, 15) is 4.79 Å². The van der Waals surface area contributed by atoms with Crippen molar-refractivity contribution in [2.45, 2.75) is 40.5 Å². The zero-order chi connectivity index (χ0) is 10.1. The molecule has 1 rings (SSSR count). The van der Waals surface area contributed by atoms with Gasteiger partial charge in [0.1, 0.15) is 0 Å². The van der Waals surface area contributed by atoms with Gasteiger partial charge in [-0.3, -0.25) is 4.79 Å². The van der Waals surface area contributed by atoms with Crippen LogP contribution in [0.3, 0.4) is 0 Å². The van der Waals surface area contributed by atoms with Gasteiger partial charge in [-0.15, -0.1) is 0 Å². The van der Waals surface area contributed by atoms with Gasteiger partial charge < -0.3 is 5.32 Å². The second kappa shape index (κ2) is 3.69. The number of carbonyl (C=O) groups is 1. The number of nitrogens with one attached hydrogen (secondary N) is 1. The predicted molar refractivity (Wildman–Crippen MR) is 54.4 cm³/mol. The zero-order valence-electron chi connectivity index (χ0n) is 9.18. The van der Waals surface area contributed by atoms with E-state index in [1.165, 1.54) is 0 Å². The number of carbonyl (C=O) groups excluding carboxylic acids is 1. The molecular weight excluding hydrogens is 162 g/mol. The first kappa shape index (κ1) is 10.6. The van der Waals surface area contributed by atoms with Crippen molar-refractivity contribution in [3.63, 3.8) is 0 Å². The predicted octanol–water partition coefficient (Wildman–Crippen LogP) is 2.19. The molecule has 1 amide bonds. The third kappa shape index (κ3) is 2.71. The molecule has 2 atom stereocenters.